The summed E-state index contributed by atoms with van der Waals surface area (Å²) in [4.78, 5) is 27.7. The van der Waals surface area contributed by atoms with E-state index in [2.05, 4.69) is 25.6 Å². The number of aromatic nitrogens is 3. The van der Waals surface area contributed by atoms with Crippen LogP contribution in [0.25, 0.3) is 0 Å². The van der Waals surface area contributed by atoms with E-state index in [4.69, 9.17) is 0 Å². The second-order valence-corrected chi connectivity index (χ2v) is 7.76. The van der Waals surface area contributed by atoms with Crippen molar-refractivity contribution < 1.29 is 4.79 Å². The summed E-state index contributed by atoms with van der Waals surface area (Å²) >= 11 is 0. The fraction of sp³-hybridized carbons (Fsp3) is 0.154. The fourth-order valence-electron chi connectivity index (χ4n) is 3.37. The molecular weight excluding hydrogens is 412 g/mol. The highest BCUT2D eigenvalue weighted by Crippen LogP contribution is 2.20. The quantitative estimate of drug-likeness (QED) is 0.404. The van der Waals surface area contributed by atoms with E-state index in [9.17, 15) is 4.79 Å². The van der Waals surface area contributed by atoms with Gasteiger partial charge in [-0.2, -0.15) is 4.98 Å². The molecule has 0 aliphatic heterocycles. The van der Waals surface area contributed by atoms with E-state index in [1.807, 2.05) is 73.7 Å². The Hall–Kier alpha value is -4.26. The van der Waals surface area contributed by atoms with Crippen molar-refractivity contribution in [3.05, 3.63) is 102 Å². The van der Waals surface area contributed by atoms with Crippen molar-refractivity contribution in [2.24, 2.45) is 0 Å². The van der Waals surface area contributed by atoms with Crippen LogP contribution in [0.1, 0.15) is 21.6 Å². The smallest absolute Gasteiger partial charge is 0.253 e. The third-order valence-corrected chi connectivity index (χ3v) is 5.09. The molecule has 7 heteroatoms. The van der Waals surface area contributed by atoms with E-state index in [1.54, 1.807) is 30.4 Å². The Morgan fingerprint density at radius 2 is 1.70 bits per heavy atom. The van der Waals surface area contributed by atoms with Gasteiger partial charge in [0, 0.05) is 55.0 Å². The van der Waals surface area contributed by atoms with E-state index in [-0.39, 0.29) is 5.91 Å². The molecule has 0 bridgehead atoms. The largest absolute Gasteiger partial charge is 0.341 e. The lowest BCUT2D eigenvalue weighted by Gasteiger charge is -2.17. The van der Waals surface area contributed by atoms with Crippen LogP contribution in [-0.2, 0) is 6.42 Å². The summed E-state index contributed by atoms with van der Waals surface area (Å²) in [6, 6.07) is 23.0. The first-order valence-corrected chi connectivity index (χ1v) is 10.8. The zero-order valence-corrected chi connectivity index (χ0v) is 18.7. The topological polar surface area (TPSA) is 83.0 Å². The third kappa shape index (κ3) is 6.13. The molecule has 4 aromatic rings. The number of anilines is 4. The molecule has 2 N–H and O–H groups in total. The molecule has 0 saturated carbocycles. The van der Waals surface area contributed by atoms with Crippen LogP contribution in [0, 0.1) is 6.92 Å². The first kappa shape index (κ1) is 22.0. The zero-order chi connectivity index (χ0) is 23.0. The van der Waals surface area contributed by atoms with E-state index < -0.39 is 0 Å². The lowest BCUT2D eigenvalue weighted by molar-refractivity contribution is 0.0796. The van der Waals surface area contributed by atoms with Crippen molar-refractivity contribution >= 4 is 29.0 Å². The monoisotopic (exact) mass is 438 g/mol. The molecule has 4 rings (SSSR count). The molecule has 0 saturated heterocycles. The van der Waals surface area contributed by atoms with Crippen LogP contribution >= 0.6 is 0 Å². The summed E-state index contributed by atoms with van der Waals surface area (Å²) in [5.41, 5.74) is 4.43. The highest BCUT2D eigenvalue weighted by molar-refractivity contribution is 5.95. The Morgan fingerprint density at radius 1 is 0.879 bits per heavy atom. The zero-order valence-electron chi connectivity index (χ0n) is 18.7. The van der Waals surface area contributed by atoms with Gasteiger partial charge in [-0.3, -0.25) is 9.78 Å². The van der Waals surface area contributed by atoms with Crippen LogP contribution < -0.4 is 10.6 Å². The molecule has 0 fully saturated rings. The van der Waals surface area contributed by atoms with E-state index in [0.29, 0.717) is 30.3 Å². The average Bonchev–Trinajstić information content (AvgIpc) is 2.83. The van der Waals surface area contributed by atoms with Crippen molar-refractivity contribution in [1.29, 1.82) is 0 Å². The Kier molecular flexibility index (Phi) is 6.90. The maximum Gasteiger partial charge on any atom is 0.253 e. The predicted molar refractivity (Wildman–Crippen MR) is 131 cm³/mol. The van der Waals surface area contributed by atoms with Crippen LogP contribution in [0.2, 0.25) is 0 Å². The van der Waals surface area contributed by atoms with Gasteiger partial charge in [0.05, 0.1) is 0 Å². The second kappa shape index (κ2) is 10.4. The normalized spacial score (nSPS) is 10.5. The molecule has 1 amide bonds. The summed E-state index contributed by atoms with van der Waals surface area (Å²) < 4.78 is 0. The highest BCUT2D eigenvalue weighted by Gasteiger charge is 2.12. The molecule has 166 valence electrons. The highest BCUT2D eigenvalue weighted by atomic mass is 16.2. The summed E-state index contributed by atoms with van der Waals surface area (Å²) in [5.74, 6) is 1.08. The van der Waals surface area contributed by atoms with Crippen LogP contribution in [0.5, 0.6) is 0 Å². The molecule has 0 spiro atoms. The van der Waals surface area contributed by atoms with Gasteiger partial charge in [0.25, 0.3) is 5.91 Å². The van der Waals surface area contributed by atoms with Gasteiger partial charge in [-0.25, -0.2) is 4.98 Å². The minimum absolute atomic E-state index is 0.0425. The number of aryl methyl sites for hydroxylation is 1. The van der Waals surface area contributed by atoms with Crippen molar-refractivity contribution in [2.45, 2.75) is 13.3 Å². The maximum atomic E-state index is 12.9. The van der Waals surface area contributed by atoms with E-state index in [1.165, 1.54) is 0 Å². The predicted octanol–water partition coefficient (Wildman–Crippen LogP) is 4.98. The standard InChI is InChI=1S/C26H26N6O/c1-19-7-5-10-22(17-19)30-26-28-15-12-24(31-26)29-23-11-6-8-20(18-23)25(33)32(2)16-13-21-9-3-4-14-27-21/h3-12,14-15,17-18H,13,16H2,1-2H3,(H2,28,29,30,31). The van der Waals surface area contributed by atoms with Crippen LogP contribution in [0.15, 0.2) is 85.2 Å². The van der Waals surface area contributed by atoms with Gasteiger partial charge in [0.1, 0.15) is 5.82 Å². The van der Waals surface area contributed by atoms with Crippen molar-refractivity contribution in [3.63, 3.8) is 0 Å². The number of nitrogens with zero attached hydrogens (tertiary/aromatic N) is 4. The van der Waals surface area contributed by atoms with E-state index in [0.717, 1.165) is 22.6 Å². The molecule has 2 aromatic heterocycles. The number of rotatable bonds is 8. The van der Waals surface area contributed by atoms with Gasteiger partial charge >= 0.3 is 0 Å². The molecule has 0 atom stereocenters. The van der Waals surface area contributed by atoms with Gasteiger partial charge in [-0.15, -0.1) is 0 Å². The molecule has 2 heterocycles. The summed E-state index contributed by atoms with van der Waals surface area (Å²) in [6.07, 6.45) is 4.16. The number of amides is 1. The third-order valence-electron chi connectivity index (χ3n) is 5.09. The van der Waals surface area contributed by atoms with E-state index >= 15 is 0 Å². The summed E-state index contributed by atoms with van der Waals surface area (Å²) in [5, 5.41) is 6.48. The minimum atomic E-state index is -0.0425. The van der Waals surface area contributed by atoms with Crippen molar-refractivity contribution in [2.75, 3.05) is 24.2 Å². The molecule has 0 unspecified atom stereocenters. The number of nitrogens with one attached hydrogen (secondary N) is 2. The molecule has 0 radical (unpaired) electrons. The Labute approximate surface area is 193 Å². The van der Waals surface area contributed by atoms with Gasteiger partial charge in [-0.1, -0.05) is 24.3 Å². The van der Waals surface area contributed by atoms with Gasteiger partial charge in [0.2, 0.25) is 5.95 Å². The number of carbonyl (C=O) groups is 1. The SMILES string of the molecule is Cc1cccc(Nc2nccc(Nc3cccc(C(=O)N(C)CCc4ccccn4)c3)n2)c1. The number of likely N-dealkylation sites (N-methyl/N-ethyl adjacent to an activating group) is 1. The molecule has 0 aliphatic carbocycles. The van der Waals surface area contributed by atoms with Crippen LogP contribution in [0.3, 0.4) is 0 Å². The van der Waals surface area contributed by atoms with Crippen LogP contribution in [0.4, 0.5) is 23.1 Å². The Morgan fingerprint density at radius 3 is 2.48 bits per heavy atom. The number of benzene rings is 2. The Balaban J connectivity index is 1.41. The number of hydrogen-bond donors (Lipinski definition) is 2. The van der Waals surface area contributed by atoms with Crippen molar-refractivity contribution in [1.82, 2.24) is 19.9 Å². The molecule has 2 aromatic carbocycles. The van der Waals surface area contributed by atoms with Gasteiger partial charge in [-0.05, 0) is 61.0 Å². The Bertz CT molecular complexity index is 1230. The summed E-state index contributed by atoms with van der Waals surface area (Å²) in [7, 11) is 1.80. The lowest BCUT2D eigenvalue weighted by Crippen LogP contribution is -2.29. The van der Waals surface area contributed by atoms with Crippen molar-refractivity contribution in [3.8, 4) is 0 Å². The number of pyridine rings is 1. The maximum absolute atomic E-state index is 12.9. The van der Waals surface area contributed by atoms with Crippen LogP contribution in [-0.4, -0.2) is 39.4 Å². The molecular formula is C26H26N6O. The number of hydrogen-bond acceptors (Lipinski definition) is 6. The fourth-order valence-corrected chi connectivity index (χ4v) is 3.37. The summed E-state index contributed by atoms with van der Waals surface area (Å²) in [6.45, 7) is 2.63. The first-order chi connectivity index (χ1) is 16.1. The molecule has 7 nitrogen and oxygen atoms in total. The van der Waals surface area contributed by atoms with Gasteiger partial charge in [0.15, 0.2) is 0 Å². The number of carbonyl (C=O) groups excluding carboxylic acids is 1. The lowest BCUT2D eigenvalue weighted by atomic mass is 10.1. The molecule has 33 heavy (non-hydrogen) atoms. The average molecular weight is 439 g/mol. The minimum Gasteiger partial charge on any atom is -0.341 e. The molecule has 0 aliphatic rings. The first-order valence-electron chi connectivity index (χ1n) is 10.8. The second-order valence-electron chi connectivity index (χ2n) is 7.76. The van der Waals surface area contributed by atoms with Gasteiger partial charge < -0.3 is 15.5 Å².